The van der Waals surface area contributed by atoms with Gasteiger partial charge in [0.15, 0.2) is 5.11 Å². The predicted molar refractivity (Wildman–Crippen MR) is 135 cm³/mol. The Kier molecular flexibility index (Phi) is 9.09. The van der Waals surface area contributed by atoms with Crippen LogP contribution in [0, 0.1) is 11.3 Å². The summed E-state index contributed by atoms with van der Waals surface area (Å²) in [6.45, 7) is 4.63. The van der Waals surface area contributed by atoms with Crippen LogP contribution in [0.15, 0.2) is 61.1 Å². The van der Waals surface area contributed by atoms with Crippen molar-refractivity contribution in [3.8, 4) is 6.07 Å². The molecule has 0 aliphatic heterocycles. The molecule has 32 heavy (non-hydrogen) atoms. The first-order chi connectivity index (χ1) is 15.6. The highest BCUT2D eigenvalue weighted by atomic mass is 35.5. The molecule has 0 bridgehead atoms. The Morgan fingerprint density at radius 1 is 1.19 bits per heavy atom. The van der Waals surface area contributed by atoms with Crippen LogP contribution in [0.4, 0.5) is 5.69 Å². The fourth-order valence-electron chi connectivity index (χ4n) is 3.47. The van der Waals surface area contributed by atoms with E-state index in [4.69, 9.17) is 29.1 Å². The highest BCUT2D eigenvalue weighted by molar-refractivity contribution is 7.80. The number of imidazole rings is 1. The first-order valence-electron chi connectivity index (χ1n) is 10.9. The summed E-state index contributed by atoms with van der Waals surface area (Å²) in [5, 5.41) is 13.7. The second-order valence-corrected chi connectivity index (χ2v) is 8.53. The summed E-state index contributed by atoms with van der Waals surface area (Å²) in [5.41, 5.74) is 3.86. The molecule has 5 nitrogen and oxygen atoms in total. The number of nitriles is 1. The molecular formula is C25H28ClN5S. The lowest BCUT2D eigenvalue weighted by molar-refractivity contribution is 0.408. The number of aromatic nitrogens is 2. The van der Waals surface area contributed by atoms with E-state index < -0.39 is 0 Å². The summed E-state index contributed by atoms with van der Waals surface area (Å²) >= 11 is 11.8. The number of benzene rings is 2. The molecule has 2 aromatic carbocycles. The molecule has 0 spiro atoms. The van der Waals surface area contributed by atoms with Gasteiger partial charge in [0.2, 0.25) is 0 Å². The van der Waals surface area contributed by atoms with Gasteiger partial charge in [-0.2, -0.15) is 5.26 Å². The Hall–Kier alpha value is -2.88. The van der Waals surface area contributed by atoms with Gasteiger partial charge in [-0.05, 0) is 54.5 Å². The molecule has 0 aliphatic carbocycles. The lowest BCUT2D eigenvalue weighted by atomic mass is 10.1. The Labute approximate surface area is 200 Å². The van der Waals surface area contributed by atoms with Crippen LogP contribution in [-0.4, -0.2) is 32.7 Å². The van der Waals surface area contributed by atoms with Crippen molar-refractivity contribution < 1.29 is 0 Å². The Morgan fingerprint density at radius 2 is 2.00 bits per heavy atom. The van der Waals surface area contributed by atoms with Gasteiger partial charge in [0.1, 0.15) is 0 Å². The zero-order chi connectivity index (χ0) is 22.8. The van der Waals surface area contributed by atoms with Crippen molar-refractivity contribution in [3.63, 3.8) is 0 Å². The van der Waals surface area contributed by atoms with Crippen molar-refractivity contribution in [1.82, 2.24) is 14.5 Å². The minimum atomic E-state index is 0.669. The van der Waals surface area contributed by atoms with E-state index in [1.165, 1.54) is 12.8 Å². The molecule has 0 unspecified atom stereocenters. The van der Waals surface area contributed by atoms with Gasteiger partial charge in [-0.3, -0.25) is 0 Å². The number of anilines is 1. The average molecular weight is 466 g/mol. The monoisotopic (exact) mass is 465 g/mol. The molecule has 1 heterocycles. The largest absolute Gasteiger partial charge is 0.349 e. The van der Waals surface area contributed by atoms with Crippen molar-refractivity contribution in [1.29, 1.82) is 5.26 Å². The van der Waals surface area contributed by atoms with Crippen LogP contribution < -0.4 is 5.32 Å². The number of rotatable bonds is 10. The summed E-state index contributed by atoms with van der Waals surface area (Å²) < 4.78 is 2.15. The maximum atomic E-state index is 8.99. The third-order valence-corrected chi connectivity index (χ3v) is 5.86. The molecule has 0 saturated heterocycles. The number of hydrogen-bond acceptors (Lipinski definition) is 3. The summed E-state index contributed by atoms with van der Waals surface area (Å²) in [7, 11) is 0. The van der Waals surface area contributed by atoms with E-state index in [2.05, 4.69) is 32.8 Å². The van der Waals surface area contributed by atoms with Gasteiger partial charge >= 0.3 is 0 Å². The van der Waals surface area contributed by atoms with Gasteiger partial charge in [-0.15, -0.1) is 0 Å². The SMILES string of the molecule is CCCCCN(CCc1cncn1Cc1ccc(C#N)cc1)C(=S)Nc1cccc(Cl)c1. The molecule has 3 rings (SSSR count). The van der Waals surface area contributed by atoms with Crippen molar-refractivity contribution in [2.45, 2.75) is 39.2 Å². The molecule has 1 N–H and O–H groups in total. The van der Waals surface area contributed by atoms with Gasteiger partial charge in [-0.1, -0.05) is 49.6 Å². The van der Waals surface area contributed by atoms with Gasteiger partial charge < -0.3 is 14.8 Å². The Morgan fingerprint density at radius 3 is 2.72 bits per heavy atom. The van der Waals surface area contributed by atoms with Crippen LogP contribution in [0.2, 0.25) is 5.02 Å². The van der Waals surface area contributed by atoms with Crippen LogP contribution in [0.5, 0.6) is 0 Å². The van der Waals surface area contributed by atoms with E-state index in [0.717, 1.165) is 49.4 Å². The normalized spacial score (nSPS) is 10.5. The zero-order valence-corrected chi connectivity index (χ0v) is 19.9. The first-order valence-corrected chi connectivity index (χ1v) is 11.7. The van der Waals surface area contributed by atoms with Crippen molar-refractivity contribution >= 4 is 34.6 Å². The zero-order valence-electron chi connectivity index (χ0n) is 18.3. The first kappa shape index (κ1) is 23.8. The molecule has 0 amide bonds. The average Bonchev–Trinajstić information content (AvgIpc) is 3.23. The van der Waals surface area contributed by atoms with E-state index in [1.54, 1.807) is 0 Å². The number of halogens is 1. The molecule has 0 saturated carbocycles. The van der Waals surface area contributed by atoms with Crippen molar-refractivity contribution in [2.75, 3.05) is 18.4 Å². The smallest absolute Gasteiger partial charge is 0.173 e. The Balaban J connectivity index is 1.64. The maximum absolute atomic E-state index is 8.99. The van der Waals surface area contributed by atoms with Crippen LogP contribution in [0.25, 0.3) is 0 Å². The van der Waals surface area contributed by atoms with E-state index in [9.17, 15) is 0 Å². The van der Waals surface area contributed by atoms with Gasteiger partial charge in [-0.25, -0.2) is 4.98 Å². The quantitative estimate of drug-likeness (QED) is 0.299. The molecule has 3 aromatic rings. The van der Waals surface area contributed by atoms with Gasteiger partial charge in [0.25, 0.3) is 0 Å². The molecule has 7 heteroatoms. The summed E-state index contributed by atoms with van der Waals surface area (Å²) in [4.78, 5) is 6.58. The minimum Gasteiger partial charge on any atom is -0.349 e. The van der Waals surface area contributed by atoms with Crippen LogP contribution in [0.1, 0.15) is 43.0 Å². The van der Waals surface area contributed by atoms with Crippen LogP contribution in [-0.2, 0) is 13.0 Å². The number of unbranched alkanes of at least 4 members (excludes halogenated alkanes) is 2. The minimum absolute atomic E-state index is 0.669. The number of thiocarbonyl (C=S) groups is 1. The molecule has 0 atom stereocenters. The predicted octanol–water partition coefficient (Wildman–Crippen LogP) is 5.89. The molecule has 0 radical (unpaired) electrons. The third kappa shape index (κ3) is 7.08. The highest BCUT2D eigenvalue weighted by Crippen LogP contribution is 2.16. The lowest BCUT2D eigenvalue weighted by Gasteiger charge is -2.26. The number of nitrogens with zero attached hydrogens (tertiary/aromatic N) is 4. The fourth-order valence-corrected chi connectivity index (χ4v) is 3.96. The third-order valence-electron chi connectivity index (χ3n) is 5.27. The Bertz CT molecular complexity index is 1050. The van der Waals surface area contributed by atoms with Gasteiger partial charge in [0, 0.05) is 48.7 Å². The lowest BCUT2D eigenvalue weighted by Crippen LogP contribution is -2.37. The fraction of sp³-hybridized carbons (Fsp3) is 0.320. The molecule has 0 aliphatic rings. The standard InChI is InChI=1S/C25H28ClN5S/c1-2-3-4-13-30(25(32)29-23-7-5-6-22(26)15-23)14-12-24-17-28-19-31(24)18-21-10-8-20(16-27)9-11-21/h5-11,15,17,19H,2-4,12-14,18H2,1H3,(H,29,32). The second-order valence-electron chi connectivity index (χ2n) is 7.71. The molecule has 166 valence electrons. The summed E-state index contributed by atoms with van der Waals surface area (Å²) in [6.07, 6.45) is 8.05. The van der Waals surface area contributed by atoms with Crippen molar-refractivity contribution in [2.24, 2.45) is 0 Å². The molecule has 1 aromatic heterocycles. The van der Waals surface area contributed by atoms with E-state index in [1.807, 2.05) is 61.1 Å². The number of nitrogens with one attached hydrogen (secondary N) is 1. The maximum Gasteiger partial charge on any atom is 0.173 e. The van der Waals surface area contributed by atoms with Crippen molar-refractivity contribution in [3.05, 3.63) is 82.9 Å². The van der Waals surface area contributed by atoms with E-state index in [-0.39, 0.29) is 0 Å². The van der Waals surface area contributed by atoms with E-state index in [0.29, 0.717) is 15.7 Å². The summed E-state index contributed by atoms with van der Waals surface area (Å²) in [5.74, 6) is 0. The second kappa shape index (κ2) is 12.2. The molecular weight excluding hydrogens is 438 g/mol. The van der Waals surface area contributed by atoms with E-state index >= 15 is 0 Å². The van der Waals surface area contributed by atoms with Gasteiger partial charge in [0.05, 0.1) is 18.0 Å². The number of hydrogen-bond donors (Lipinski definition) is 1. The summed E-state index contributed by atoms with van der Waals surface area (Å²) in [6, 6.07) is 17.4. The topological polar surface area (TPSA) is 56.9 Å². The highest BCUT2D eigenvalue weighted by Gasteiger charge is 2.12. The van der Waals surface area contributed by atoms with Crippen LogP contribution in [0.3, 0.4) is 0 Å². The molecule has 0 fully saturated rings. The van der Waals surface area contributed by atoms with Crippen LogP contribution >= 0.6 is 23.8 Å².